The minimum atomic E-state index is -0.537. The number of hydrogen-bond acceptors (Lipinski definition) is 5. The van der Waals surface area contributed by atoms with Gasteiger partial charge in [0.1, 0.15) is 6.61 Å². The van der Waals surface area contributed by atoms with Gasteiger partial charge in [0.15, 0.2) is 5.44 Å². The highest BCUT2D eigenvalue weighted by molar-refractivity contribution is 8.00. The summed E-state index contributed by atoms with van der Waals surface area (Å²) in [6.45, 7) is 2.03. The molecular weight excluding hydrogens is 192 g/mol. The number of cyclic esters (lactones) is 2. The van der Waals surface area contributed by atoms with Crippen LogP contribution in [-0.2, 0) is 14.2 Å². The number of ether oxygens (including phenoxy) is 3. The zero-order valence-corrected chi connectivity index (χ0v) is 8.05. The first-order chi connectivity index (χ1) is 6.34. The van der Waals surface area contributed by atoms with Gasteiger partial charge < -0.3 is 14.2 Å². The number of carbonyl (C=O) groups is 1. The number of hydrogen-bond donors (Lipinski definition) is 0. The molecule has 2 aliphatic heterocycles. The lowest BCUT2D eigenvalue weighted by atomic mass is 10.2. The van der Waals surface area contributed by atoms with Gasteiger partial charge in [0.25, 0.3) is 0 Å². The van der Waals surface area contributed by atoms with Gasteiger partial charge >= 0.3 is 6.16 Å². The zero-order chi connectivity index (χ0) is 9.10. The molecule has 4 nitrogen and oxygen atoms in total. The maximum absolute atomic E-state index is 10.6. The van der Waals surface area contributed by atoms with Crippen LogP contribution in [0.5, 0.6) is 0 Å². The summed E-state index contributed by atoms with van der Waals surface area (Å²) in [5.74, 6) is 0. The van der Waals surface area contributed by atoms with Gasteiger partial charge in [-0.1, -0.05) is 0 Å². The molecule has 13 heavy (non-hydrogen) atoms. The highest BCUT2D eigenvalue weighted by Gasteiger charge is 2.29. The van der Waals surface area contributed by atoms with E-state index in [4.69, 9.17) is 14.2 Å². The molecule has 2 rings (SSSR count). The summed E-state index contributed by atoms with van der Waals surface area (Å²) >= 11 is 1.68. The Balaban J connectivity index is 1.73. The summed E-state index contributed by atoms with van der Waals surface area (Å²) < 4.78 is 14.9. The first-order valence-electron chi connectivity index (χ1n) is 4.41. The van der Waals surface area contributed by atoms with Crippen LogP contribution in [0.4, 0.5) is 4.79 Å². The average Bonchev–Trinajstić information content (AvgIpc) is 2.53. The second-order valence-electron chi connectivity index (χ2n) is 3.06. The summed E-state index contributed by atoms with van der Waals surface area (Å²) in [6.07, 6.45) is 1.54. The normalized spacial score (nSPS) is 29.8. The molecule has 0 N–H and O–H groups in total. The van der Waals surface area contributed by atoms with Crippen molar-refractivity contribution < 1.29 is 19.0 Å². The minimum absolute atomic E-state index is 0.101. The van der Waals surface area contributed by atoms with Gasteiger partial charge in [-0.3, -0.25) is 0 Å². The highest BCUT2D eigenvalue weighted by atomic mass is 32.2. The van der Waals surface area contributed by atoms with Gasteiger partial charge in [0.2, 0.25) is 0 Å². The van der Waals surface area contributed by atoms with Crippen molar-refractivity contribution >= 4 is 17.9 Å². The fourth-order valence-electron chi connectivity index (χ4n) is 1.41. The lowest BCUT2D eigenvalue weighted by molar-refractivity contribution is 0.0993. The molecule has 0 aromatic heterocycles. The van der Waals surface area contributed by atoms with E-state index in [0.29, 0.717) is 11.9 Å². The largest absolute Gasteiger partial charge is 0.509 e. The Hall–Kier alpha value is -0.420. The van der Waals surface area contributed by atoms with Gasteiger partial charge in [-0.05, 0) is 12.8 Å². The molecule has 2 saturated heterocycles. The maximum Gasteiger partial charge on any atom is 0.509 e. The van der Waals surface area contributed by atoms with Crippen LogP contribution in [0.1, 0.15) is 12.8 Å². The van der Waals surface area contributed by atoms with Crippen LogP contribution < -0.4 is 0 Å². The third kappa shape index (κ3) is 2.51. The predicted molar refractivity (Wildman–Crippen MR) is 47.7 cm³/mol. The lowest BCUT2D eigenvalue weighted by Gasteiger charge is -2.22. The Labute approximate surface area is 80.9 Å². The molecule has 0 amide bonds. The van der Waals surface area contributed by atoms with Crippen LogP contribution in [0, 0.1) is 0 Å². The van der Waals surface area contributed by atoms with Crippen LogP contribution in [0.2, 0.25) is 0 Å². The Kier molecular flexibility index (Phi) is 2.95. The van der Waals surface area contributed by atoms with Gasteiger partial charge in [-0.15, -0.1) is 11.8 Å². The monoisotopic (exact) mass is 204 g/mol. The van der Waals surface area contributed by atoms with E-state index in [9.17, 15) is 4.79 Å². The first kappa shape index (κ1) is 9.15. The lowest BCUT2D eigenvalue weighted by Crippen LogP contribution is -2.21. The predicted octanol–water partition coefficient (Wildman–Crippen LogP) is 1.39. The molecular formula is C8H12O4S. The van der Waals surface area contributed by atoms with Crippen molar-refractivity contribution in [3.63, 3.8) is 0 Å². The minimum Gasteiger partial charge on any atom is -0.429 e. The topological polar surface area (TPSA) is 44.8 Å². The zero-order valence-electron chi connectivity index (χ0n) is 7.23. The Morgan fingerprint density at radius 1 is 1.31 bits per heavy atom. The molecule has 0 bridgehead atoms. The Bertz CT molecular complexity index is 191. The quantitative estimate of drug-likeness (QED) is 0.636. The van der Waals surface area contributed by atoms with Gasteiger partial charge in [-0.2, -0.15) is 0 Å². The molecule has 2 aliphatic rings. The van der Waals surface area contributed by atoms with Crippen molar-refractivity contribution in [1.29, 1.82) is 0 Å². The van der Waals surface area contributed by atoms with Crippen LogP contribution >= 0.6 is 11.8 Å². The molecule has 0 radical (unpaired) electrons. The number of carbonyl (C=O) groups excluding carboxylic acids is 1. The van der Waals surface area contributed by atoms with E-state index in [-0.39, 0.29) is 5.44 Å². The van der Waals surface area contributed by atoms with E-state index >= 15 is 0 Å². The van der Waals surface area contributed by atoms with E-state index in [0.717, 1.165) is 26.1 Å². The van der Waals surface area contributed by atoms with E-state index in [2.05, 4.69) is 0 Å². The van der Waals surface area contributed by atoms with Crippen molar-refractivity contribution in [3.8, 4) is 0 Å². The van der Waals surface area contributed by atoms with Crippen molar-refractivity contribution in [1.82, 2.24) is 0 Å². The molecule has 0 spiro atoms. The molecule has 1 atom stereocenters. The molecule has 0 aliphatic carbocycles. The molecule has 5 heteroatoms. The molecule has 0 saturated carbocycles. The summed E-state index contributed by atoms with van der Waals surface area (Å²) in [5.41, 5.74) is -0.101. The van der Waals surface area contributed by atoms with Crippen LogP contribution in [-0.4, -0.2) is 36.7 Å². The van der Waals surface area contributed by atoms with E-state index < -0.39 is 6.16 Å². The smallest absolute Gasteiger partial charge is 0.429 e. The SMILES string of the molecule is O=C1OCC(SC2CCOCC2)O1. The fraction of sp³-hybridized carbons (Fsp3) is 0.875. The van der Waals surface area contributed by atoms with Crippen LogP contribution in [0.25, 0.3) is 0 Å². The van der Waals surface area contributed by atoms with Crippen LogP contribution in [0.15, 0.2) is 0 Å². The summed E-state index contributed by atoms with van der Waals surface area (Å²) in [6, 6.07) is 0. The summed E-state index contributed by atoms with van der Waals surface area (Å²) in [5, 5.41) is 0.549. The average molecular weight is 204 g/mol. The second kappa shape index (κ2) is 4.19. The summed E-state index contributed by atoms with van der Waals surface area (Å²) in [7, 11) is 0. The number of rotatable bonds is 2. The molecule has 2 heterocycles. The van der Waals surface area contributed by atoms with Gasteiger partial charge in [0.05, 0.1) is 0 Å². The van der Waals surface area contributed by atoms with Crippen LogP contribution in [0.3, 0.4) is 0 Å². The van der Waals surface area contributed by atoms with E-state index in [1.54, 1.807) is 11.8 Å². The first-order valence-corrected chi connectivity index (χ1v) is 5.35. The van der Waals surface area contributed by atoms with Gasteiger partial charge in [-0.25, -0.2) is 4.79 Å². The standard InChI is InChI=1S/C8H12O4S/c9-8-11-5-7(12-8)13-6-1-3-10-4-2-6/h6-7H,1-5H2. The van der Waals surface area contributed by atoms with Crippen molar-refractivity contribution in [2.24, 2.45) is 0 Å². The summed E-state index contributed by atoms with van der Waals surface area (Å²) in [4.78, 5) is 10.6. The molecule has 0 aromatic carbocycles. The second-order valence-corrected chi connectivity index (χ2v) is 4.52. The Morgan fingerprint density at radius 2 is 2.08 bits per heavy atom. The number of thioether (sulfide) groups is 1. The molecule has 2 fully saturated rings. The van der Waals surface area contributed by atoms with E-state index in [1.807, 2.05) is 0 Å². The van der Waals surface area contributed by atoms with Crippen molar-refractivity contribution in [2.75, 3.05) is 19.8 Å². The molecule has 0 aromatic rings. The fourth-order valence-corrected chi connectivity index (χ4v) is 2.58. The third-order valence-corrected chi connectivity index (χ3v) is 3.47. The maximum atomic E-state index is 10.6. The molecule has 74 valence electrons. The van der Waals surface area contributed by atoms with Gasteiger partial charge in [0, 0.05) is 18.5 Å². The highest BCUT2D eigenvalue weighted by Crippen LogP contribution is 2.29. The Morgan fingerprint density at radius 3 is 2.69 bits per heavy atom. The van der Waals surface area contributed by atoms with E-state index in [1.165, 1.54) is 0 Å². The van der Waals surface area contributed by atoms with Crippen molar-refractivity contribution in [3.05, 3.63) is 0 Å². The molecule has 1 unspecified atom stereocenters. The van der Waals surface area contributed by atoms with Crippen molar-refractivity contribution in [2.45, 2.75) is 23.5 Å². The third-order valence-electron chi connectivity index (χ3n) is 2.08.